The normalized spacial score (nSPS) is 12.2. The number of aromatic amines is 1. The largest absolute Gasteiger partial charge is 0.450 e. The minimum absolute atomic E-state index is 0.0962. The van der Waals surface area contributed by atoms with Gasteiger partial charge in [0.05, 0.1) is 11.6 Å². The van der Waals surface area contributed by atoms with Crippen LogP contribution in [0.4, 0.5) is 0 Å². The number of nitrogens with zero attached hydrogens (tertiary/aromatic N) is 3. The van der Waals surface area contributed by atoms with Gasteiger partial charge in [0.25, 0.3) is 5.56 Å². The van der Waals surface area contributed by atoms with Crippen LogP contribution in [0, 0.1) is 0 Å². The number of hydrogen-bond acceptors (Lipinski definition) is 8. The van der Waals surface area contributed by atoms with Gasteiger partial charge in [-0.15, -0.1) is 22.7 Å². The maximum atomic E-state index is 12.6. The van der Waals surface area contributed by atoms with Gasteiger partial charge in [-0.25, -0.2) is 14.8 Å². The Morgan fingerprint density at radius 2 is 2.19 bits per heavy atom. The van der Waals surface area contributed by atoms with Crippen LogP contribution in [0.3, 0.4) is 0 Å². The molecule has 4 aromatic rings. The van der Waals surface area contributed by atoms with Crippen LogP contribution >= 0.6 is 22.7 Å². The van der Waals surface area contributed by atoms with Crippen molar-refractivity contribution in [2.75, 3.05) is 0 Å². The Balaban J connectivity index is 1.65. The molecule has 0 bridgehead atoms. The molecule has 0 aliphatic heterocycles. The highest BCUT2D eigenvalue weighted by Crippen LogP contribution is 2.33. The van der Waals surface area contributed by atoms with E-state index in [9.17, 15) is 9.59 Å². The summed E-state index contributed by atoms with van der Waals surface area (Å²) in [7, 11) is 0. The lowest BCUT2D eigenvalue weighted by Gasteiger charge is -2.12. The van der Waals surface area contributed by atoms with Crippen molar-refractivity contribution in [3.05, 3.63) is 63.4 Å². The fourth-order valence-electron chi connectivity index (χ4n) is 2.45. The van der Waals surface area contributed by atoms with Crippen LogP contribution in [0.25, 0.3) is 20.7 Å². The summed E-state index contributed by atoms with van der Waals surface area (Å²) in [6.07, 6.45) is 3.47. The average Bonchev–Trinajstić information content (AvgIpc) is 3.31. The number of H-pyrrole nitrogens is 1. The highest BCUT2D eigenvalue weighted by atomic mass is 32.1. The molecule has 26 heavy (non-hydrogen) atoms. The van der Waals surface area contributed by atoms with E-state index in [0.717, 1.165) is 10.4 Å². The number of fused-ring (bicyclic) bond motifs is 1. The van der Waals surface area contributed by atoms with Gasteiger partial charge in [-0.3, -0.25) is 9.78 Å². The van der Waals surface area contributed by atoms with Crippen molar-refractivity contribution in [3.8, 4) is 10.4 Å². The molecule has 4 rings (SSSR count). The van der Waals surface area contributed by atoms with Gasteiger partial charge in [0.15, 0.2) is 17.6 Å². The quantitative estimate of drug-likeness (QED) is 0.542. The second kappa shape index (κ2) is 6.77. The van der Waals surface area contributed by atoms with Crippen molar-refractivity contribution in [1.82, 2.24) is 19.9 Å². The van der Waals surface area contributed by atoms with Crippen molar-refractivity contribution in [3.63, 3.8) is 0 Å². The van der Waals surface area contributed by atoms with Gasteiger partial charge in [-0.1, -0.05) is 6.07 Å². The van der Waals surface area contributed by atoms with Crippen LogP contribution in [0.15, 0.2) is 46.3 Å². The molecule has 1 atom stereocenters. The van der Waals surface area contributed by atoms with E-state index >= 15 is 0 Å². The van der Waals surface area contributed by atoms with Gasteiger partial charge in [-0.2, -0.15) is 0 Å². The molecule has 1 N–H and O–H groups in total. The summed E-state index contributed by atoms with van der Waals surface area (Å²) in [6, 6.07) is 3.90. The molecule has 0 aromatic carbocycles. The fourth-order valence-corrected chi connectivity index (χ4v) is 4.22. The fraction of sp³-hybridized carbons (Fsp3) is 0.118. The van der Waals surface area contributed by atoms with E-state index in [-0.39, 0.29) is 11.3 Å². The van der Waals surface area contributed by atoms with E-state index in [1.807, 2.05) is 22.9 Å². The molecule has 0 aliphatic rings. The van der Waals surface area contributed by atoms with Crippen LogP contribution in [0.1, 0.15) is 29.3 Å². The third-order valence-corrected chi connectivity index (χ3v) is 5.47. The molecule has 4 aromatic heterocycles. The molecular formula is C17H12N4O3S2. The molecule has 0 unspecified atom stereocenters. The summed E-state index contributed by atoms with van der Waals surface area (Å²) < 4.78 is 5.34. The topological polar surface area (TPSA) is 97.8 Å². The Labute approximate surface area is 155 Å². The molecule has 0 amide bonds. The summed E-state index contributed by atoms with van der Waals surface area (Å²) in [5.41, 5.74) is 0.709. The predicted molar refractivity (Wildman–Crippen MR) is 99.4 cm³/mol. The van der Waals surface area contributed by atoms with E-state index < -0.39 is 12.1 Å². The summed E-state index contributed by atoms with van der Waals surface area (Å²) in [6.45, 7) is 1.65. The molecule has 0 saturated carbocycles. The number of rotatable bonds is 4. The van der Waals surface area contributed by atoms with Gasteiger partial charge in [0.1, 0.15) is 4.83 Å². The number of nitrogens with one attached hydrogen (secondary N) is 1. The first-order valence-corrected chi connectivity index (χ1v) is 9.41. The van der Waals surface area contributed by atoms with E-state index in [0.29, 0.717) is 16.0 Å². The maximum absolute atomic E-state index is 12.6. The number of aromatic nitrogens is 4. The minimum Gasteiger partial charge on any atom is -0.450 e. The van der Waals surface area contributed by atoms with E-state index in [4.69, 9.17) is 4.74 Å². The molecule has 0 fully saturated rings. The van der Waals surface area contributed by atoms with Crippen molar-refractivity contribution in [2.24, 2.45) is 0 Å². The zero-order valence-electron chi connectivity index (χ0n) is 13.5. The van der Waals surface area contributed by atoms with Crippen molar-refractivity contribution in [1.29, 1.82) is 0 Å². The monoisotopic (exact) mass is 384 g/mol. The minimum atomic E-state index is -0.728. The number of carbonyl (C=O) groups excluding carboxylic acids is 1. The highest BCUT2D eigenvalue weighted by Gasteiger charge is 2.20. The number of carbonyl (C=O) groups is 1. The molecule has 0 aliphatic carbocycles. The van der Waals surface area contributed by atoms with Crippen LogP contribution in [-0.2, 0) is 4.74 Å². The third-order valence-electron chi connectivity index (χ3n) is 3.69. The van der Waals surface area contributed by atoms with Crippen LogP contribution in [-0.4, -0.2) is 25.9 Å². The maximum Gasteiger partial charge on any atom is 0.359 e. The standard InChI is InChI=1S/C17H12N4O3S2/c1-9(24-17(23)11-7-18-4-5-19-11)14-20-15(22)13-10(8-26-16(13)21-14)12-3-2-6-25-12/h2-9H,1H3,(H,20,21,22)/t9-/m1/s1. The lowest BCUT2D eigenvalue weighted by atomic mass is 10.2. The average molecular weight is 384 g/mol. The van der Waals surface area contributed by atoms with Crippen LogP contribution in [0.2, 0.25) is 0 Å². The second-order valence-corrected chi connectivity index (χ2v) is 7.20. The SMILES string of the molecule is C[C@@H](OC(=O)c1cnccn1)c1nc2scc(-c3cccs3)c2c(=O)[nH]1. The Hall–Kier alpha value is -2.91. The Morgan fingerprint density at radius 3 is 2.92 bits per heavy atom. The highest BCUT2D eigenvalue weighted by molar-refractivity contribution is 7.18. The van der Waals surface area contributed by atoms with E-state index in [2.05, 4.69) is 19.9 Å². The van der Waals surface area contributed by atoms with Crippen molar-refractivity contribution < 1.29 is 9.53 Å². The molecule has 7 nitrogen and oxygen atoms in total. The van der Waals surface area contributed by atoms with Crippen molar-refractivity contribution in [2.45, 2.75) is 13.0 Å². The number of ether oxygens (including phenoxy) is 1. The van der Waals surface area contributed by atoms with Crippen molar-refractivity contribution >= 4 is 38.9 Å². The summed E-state index contributed by atoms with van der Waals surface area (Å²) >= 11 is 2.95. The molecule has 4 heterocycles. The first kappa shape index (κ1) is 16.6. The molecule has 0 spiro atoms. The van der Waals surface area contributed by atoms with E-state index in [1.54, 1.807) is 18.3 Å². The van der Waals surface area contributed by atoms with Crippen LogP contribution < -0.4 is 5.56 Å². The van der Waals surface area contributed by atoms with Gasteiger partial charge < -0.3 is 9.72 Å². The Bertz CT molecular complexity index is 1120. The molecular weight excluding hydrogens is 372 g/mol. The molecule has 0 radical (unpaired) electrons. The first-order valence-electron chi connectivity index (χ1n) is 7.66. The van der Waals surface area contributed by atoms with Gasteiger partial charge >= 0.3 is 5.97 Å². The van der Waals surface area contributed by atoms with Crippen LogP contribution in [0.5, 0.6) is 0 Å². The zero-order valence-corrected chi connectivity index (χ0v) is 15.1. The third kappa shape index (κ3) is 3.02. The summed E-state index contributed by atoms with van der Waals surface area (Å²) in [5.74, 6) is -0.335. The number of esters is 1. The Morgan fingerprint density at radius 1 is 1.31 bits per heavy atom. The lowest BCUT2D eigenvalue weighted by molar-refractivity contribution is 0.0312. The second-order valence-electron chi connectivity index (χ2n) is 5.40. The first-order chi connectivity index (χ1) is 12.6. The molecule has 0 saturated heterocycles. The predicted octanol–water partition coefficient (Wildman–Crippen LogP) is 3.42. The van der Waals surface area contributed by atoms with Gasteiger partial charge in [0.2, 0.25) is 0 Å². The zero-order chi connectivity index (χ0) is 18.1. The lowest BCUT2D eigenvalue weighted by Crippen LogP contribution is -2.17. The molecule has 9 heteroatoms. The number of thiophene rings is 2. The summed E-state index contributed by atoms with van der Waals surface area (Å²) in [5, 5.41) is 4.43. The van der Waals surface area contributed by atoms with Gasteiger partial charge in [0, 0.05) is 28.2 Å². The molecule has 130 valence electrons. The summed E-state index contributed by atoms with van der Waals surface area (Å²) in [4.78, 5) is 41.2. The van der Waals surface area contributed by atoms with Gasteiger partial charge in [-0.05, 0) is 18.4 Å². The van der Waals surface area contributed by atoms with E-state index in [1.165, 1.54) is 29.9 Å². The number of hydrogen-bond donors (Lipinski definition) is 1. The Kier molecular flexibility index (Phi) is 4.31. The smallest absolute Gasteiger partial charge is 0.359 e.